The minimum absolute atomic E-state index is 0.127. The largest absolute Gasteiger partial charge is 0.394 e. The number of rotatable bonds is 5. The van der Waals surface area contributed by atoms with Crippen molar-refractivity contribution in [2.45, 2.75) is 30.6 Å². The lowest BCUT2D eigenvalue weighted by Crippen LogP contribution is -2.46. The summed E-state index contributed by atoms with van der Waals surface area (Å²) in [5.41, 5.74) is 12.3. The lowest BCUT2D eigenvalue weighted by molar-refractivity contribution is -0.124. The van der Waals surface area contributed by atoms with Crippen molar-refractivity contribution in [3.05, 3.63) is 46.3 Å². The summed E-state index contributed by atoms with van der Waals surface area (Å²) in [6, 6.07) is 6.40. The van der Waals surface area contributed by atoms with Gasteiger partial charge in [-0.15, -0.1) is 0 Å². The summed E-state index contributed by atoms with van der Waals surface area (Å²) in [6.07, 6.45) is -2.78. The van der Waals surface area contributed by atoms with E-state index in [-0.39, 0.29) is 12.5 Å². The van der Waals surface area contributed by atoms with Crippen LogP contribution in [0.2, 0.25) is 0 Å². The number of carbonyl (C=O) groups is 1. The van der Waals surface area contributed by atoms with Crippen LogP contribution in [-0.4, -0.2) is 68.8 Å². The molecule has 142 valence electrons. The fraction of sp³-hybridized carbons (Fsp3) is 0.438. The van der Waals surface area contributed by atoms with Gasteiger partial charge in [-0.1, -0.05) is 28.1 Å². The second-order valence-electron chi connectivity index (χ2n) is 6.26. The summed E-state index contributed by atoms with van der Waals surface area (Å²) >= 11 is 3.35. The molecule has 10 heteroatoms. The van der Waals surface area contributed by atoms with Crippen LogP contribution in [0.3, 0.4) is 0 Å². The van der Waals surface area contributed by atoms with Crippen LogP contribution in [0.25, 0.3) is 0 Å². The van der Waals surface area contributed by atoms with Gasteiger partial charge in [0.25, 0.3) is 0 Å². The van der Waals surface area contributed by atoms with E-state index in [0.29, 0.717) is 5.56 Å². The summed E-state index contributed by atoms with van der Waals surface area (Å²) in [5, 5.41) is 29.3. The van der Waals surface area contributed by atoms with Gasteiger partial charge in [0.2, 0.25) is 5.91 Å². The van der Waals surface area contributed by atoms with Gasteiger partial charge in [0.1, 0.15) is 30.2 Å². The molecule has 2 aliphatic rings. The topological polar surface area (TPSA) is 146 Å². The highest BCUT2D eigenvalue weighted by Crippen LogP contribution is 2.32. The van der Waals surface area contributed by atoms with Crippen LogP contribution < -0.4 is 11.5 Å². The average molecular weight is 429 g/mol. The van der Waals surface area contributed by atoms with Gasteiger partial charge in [-0.2, -0.15) is 0 Å². The van der Waals surface area contributed by atoms with Crippen LogP contribution in [-0.2, 0) is 9.53 Å². The van der Waals surface area contributed by atoms with Crippen LogP contribution in [0, 0.1) is 0 Å². The number of aliphatic hydroxyl groups is 3. The standard InChI is InChI=1S/C16H21BrN4O5/c17-9-3-1-8(2-4-9)12(15(19)25)20-5-11(18)21(7-20)16-14(24)13(23)10(6-22)26-16/h1-5,10,12-14,16,22-24H,6-7,18H2,(H2,19,25)/t10-,12?,13-,14-,16-/m1/s1. The molecule has 1 amide bonds. The van der Waals surface area contributed by atoms with Crippen LogP contribution >= 0.6 is 15.9 Å². The number of aliphatic hydroxyl groups excluding tert-OH is 3. The molecule has 0 aliphatic carbocycles. The maximum absolute atomic E-state index is 12.0. The summed E-state index contributed by atoms with van der Waals surface area (Å²) in [7, 11) is 0. The molecule has 26 heavy (non-hydrogen) atoms. The predicted octanol–water partition coefficient (Wildman–Crippen LogP) is -1.25. The molecule has 7 N–H and O–H groups in total. The Kier molecular flexibility index (Phi) is 5.39. The Balaban J connectivity index is 1.81. The molecule has 9 nitrogen and oxygen atoms in total. The van der Waals surface area contributed by atoms with Gasteiger partial charge in [0, 0.05) is 10.7 Å². The molecule has 1 unspecified atom stereocenters. The van der Waals surface area contributed by atoms with E-state index in [2.05, 4.69) is 15.9 Å². The molecule has 0 bridgehead atoms. The maximum atomic E-state index is 12.0. The van der Waals surface area contributed by atoms with Crippen molar-refractivity contribution in [3.63, 3.8) is 0 Å². The smallest absolute Gasteiger partial charge is 0.244 e. The van der Waals surface area contributed by atoms with Crippen LogP contribution in [0.15, 0.2) is 40.8 Å². The van der Waals surface area contributed by atoms with E-state index in [1.54, 1.807) is 35.4 Å². The molecule has 1 aromatic carbocycles. The minimum Gasteiger partial charge on any atom is -0.394 e. The normalized spacial score (nSPS) is 29.8. The first-order valence-electron chi connectivity index (χ1n) is 8.00. The fourth-order valence-corrected chi connectivity index (χ4v) is 3.49. The van der Waals surface area contributed by atoms with E-state index >= 15 is 0 Å². The quantitative estimate of drug-likeness (QED) is 0.390. The first kappa shape index (κ1) is 18.9. The molecule has 5 atom stereocenters. The number of primary amides is 1. The zero-order chi connectivity index (χ0) is 19.0. The van der Waals surface area contributed by atoms with Gasteiger partial charge in [0.15, 0.2) is 6.23 Å². The SMILES string of the molecule is NC(=O)C(c1ccc(Br)cc1)N1C=C(N)N([C@@H]2O[C@H](CO)[C@@H](O)[C@H]2O)C1. The van der Waals surface area contributed by atoms with E-state index in [1.807, 2.05) is 0 Å². The van der Waals surface area contributed by atoms with Gasteiger partial charge in [0.05, 0.1) is 13.3 Å². The summed E-state index contributed by atoms with van der Waals surface area (Å²) in [4.78, 5) is 15.2. The van der Waals surface area contributed by atoms with Crippen molar-refractivity contribution < 1.29 is 24.9 Å². The van der Waals surface area contributed by atoms with Crippen LogP contribution in [0.4, 0.5) is 0 Å². The average Bonchev–Trinajstić information content (AvgIpc) is 3.10. The van der Waals surface area contributed by atoms with Crippen molar-refractivity contribution in [1.29, 1.82) is 0 Å². The molecular weight excluding hydrogens is 408 g/mol. The Morgan fingerprint density at radius 3 is 2.50 bits per heavy atom. The Hall–Kier alpha value is -1.85. The molecule has 1 fully saturated rings. The third-order valence-corrected chi connectivity index (χ3v) is 5.09. The number of amides is 1. The van der Waals surface area contributed by atoms with E-state index in [0.717, 1.165) is 4.47 Å². The van der Waals surface area contributed by atoms with E-state index in [1.165, 1.54) is 4.90 Å². The molecule has 0 radical (unpaired) electrons. The summed E-state index contributed by atoms with van der Waals surface area (Å²) < 4.78 is 6.38. The van der Waals surface area contributed by atoms with Gasteiger partial charge in [-0.25, -0.2) is 0 Å². The van der Waals surface area contributed by atoms with Gasteiger partial charge in [-0.05, 0) is 17.7 Å². The third kappa shape index (κ3) is 3.38. The zero-order valence-electron chi connectivity index (χ0n) is 13.8. The van der Waals surface area contributed by atoms with Crippen molar-refractivity contribution in [1.82, 2.24) is 9.80 Å². The molecule has 0 aromatic heterocycles. The molecule has 2 heterocycles. The van der Waals surface area contributed by atoms with Crippen molar-refractivity contribution >= 4 is 21.8 Å². The first-order chi connectivity index (χ1) is 12.3. The number of benzene rings is 1. The van der Waals surface area contributed by atoms with Crippen LogP contribution in [0.1, 0.15) is 11.6 Å². The molecule has 1 saturated heterocycles. The van der Waals surface area contributed by atoms with E-state index < -0.39 is 43.1 Å². The number of hydrogen-bond acceptors (Lipinski definition) is 8. The monoisotopic (exact) mass is 428 g/mol. The zero-order valence-corrected chi connectivity index (χ0v) is 15.4. The van der Waals surface area contributed by atoms with Gasteiger partial charge in [-0.3, -0.25) is 4.79 Å². The number of ether oxygens (including phenoxy) is 1. The van der Waals surface area contributed by atoms with Gasteiger partial charge >= 0.3 is 0 Å². The number of nitrogens with two attached hydrogens (primary N) is 2. The van der Waals surface area contributed by atoms with E-state index in [9.17, 15) is 20.1 Å². The fourth-order valence-electron chi connectivity index (χ4n) is 3.23. The molecule has 1 aromatic rings. The number of nitrogens with zero attached hydrogens (tertiary/aromatic N) is 2. The highest BCUT2D eigenvalue weighted by molar-refractivity contribution is 9.10. The van der Waals surface area contributed by atoms with Crippen molar-refractivity contribution in [2.24, 2.45) is 11.5 Å². The third-order valence-electron chi connectivity index (χ3n) is 4.56. The number of carbonyl (C=O) groups excluding carboxylic acids is 1. The summed E-state index contributed by atoms with van der Waals surface area (Å²) in [6.45, 7) is -0.305. The highest BCUT2D eigenvalue weighted by Gasteiger charge is 2.47. The second-order valence-corrected chi connectivity index (χ2v) is 7.18. The molecular formula is C16H21BrN4O5. The second kappa shape index (κ2) is 7.41. The Bertz CT molecular complexity index is 700. The lowest BCUT2D eigenvalue weighted by atomic mass is 10.1. The molecule has 2 aliphatic heterocycles. The van der Waals surface area contributed by atoms with E-state index in [4.69, 9.17) is 16.2 Å². The molecule has 3 rings (SSSR count). The number of halogens is 1. The molecule has 0 saturated carbocycles. The first-order valence-corrected chi connectivity index (χ1v) is 8.79. The Morgan fingerprint density at radius 2 is 1.96 bits per heavy atom. The minimum atomic E-state index is -1.25. The summed E-state index contributed by atoms with van der Waals surface area (Å²) in [5.74, 6) is -0.303. The van der Waals surface area contributed by atoms with Crippen molar-refractivity contribution in [2.75, 3.05) is 13.3 Å². The van der Waals surface area contributed by atoms with Crippen LogP contribution in [0.5, 0.6) is 0 Å². The lowest BCUT2D eigenvalue weighted by Gasteiger charge is -2.32. The highest BCUT2D eigenvalue weighted by atomic mass is 79.9. The van der Waals surface area contributed by atoms with Crippen molar-refractivity contribution in [3.8, 4) is 0 Å². The molecule has 0 spiro atoms. The van der Waals surface area contributed by atoms with Gasteiger partial charge < -0.3 is 41.3 Å². The maximum Gasteiger partial charge on any atom is 0.244 e. The Labute approximate surface area is 158 Å². The number of hydrogen-bond donors (Lipinski definition) is 5. The Morgan fingerprint density at radius 1 is 1.31 bits per heavy atom. The predicted molar refractivity (Wildman–Crippen MR) is 94.7 cm³/mol.